The molecule has 1 aliphatic heterocycles. The maximum Gasteiger partial charge on any atom is 0.220 e. The van der Waals surface area contributed by atoms with Crippen molar-refractivity contribution in [2.24, 2.45) is 0 Å². The third kappa shape index (κ3) is 3.78. The van der Waals surface area contributed by atoms with Gasteiger partial charge in [-0.3, -0.25) is 9.69 Å². The van der Waals surface area contributed by atoms with E-state index in [1.807, 2.05) is 23.5 Å². The molecule has 1 aliphatic rings. The first kappa shape index (κ1) is 15.3. The van der Waals surface area contributed by atoms with Gasteiger partial charge in [-0.1, -0.05) is 0 Å². The average molecular weight is 318 g/mol. The van der Waals surface area contributed by atoms with Crippen molar-refractivity contribution in [3.05, 3.63) is 46.0 Å². The Balaban J connectivity index is 1.40. The molecule has 2 aromatic rings. The summed E-state index contributed by atoms with van der Waals surface area (Å²) in [6.07, 6.45) is 3.91. The lowest BCUT2D eigenvalue weighted by Gasteiger charge is -2.32. The molecule has 0 fully saturated rings. The molecule has 3 heterocycles. The zero-order chi connectivity index (χ0) is 15.4. The molecule has 2 aromatic heterocycles. The molecule has 1 atom stereocenters. The van der Waals surface area contributed by atoms with E-state index in [9.17, 15) is 4.79 Å². The monoisotopic (exact) mass is 318 g/mol. The molecule has 0 bridgehead atoms. The second kappa shape index (κ2) is 7.11. The summed E-state index contributed by atoms with van der Waals surface area (Å²) in [5, 5.41) is 5.22. The number of hydrogen-bond acceptors (Lipinski definition) is 4. The van der Waals surface area contributed by atoms with E-state index in [0.717, 1.165) is 25.3 Å². The van der Waals surface area contributed by atoms with Crippen molar-refractivity contribution in [1.82, 2.24) is 10.2 Å². The van der Waals surface area contributed by atoms with Crippen LogP contribution in [0, 0.1) is 0 Å². The van der Waals surface area contributed by atoms with Crippen molar-refractivity contribution in [3.63, 3.8) is 0 Å². The molecule has 0 saturated carbocycles. The van der Waals surface area contributed by atoms with Crippen molar-refractivity contribution in [2.45, 2.75) is 38.8 Å². The zero-order valence-corrected chi connectivity index (χ0v) is 13.7. The molecule has 0 spiro atoms. The Bertz CT molecular complexity index is 606. The number of carbonyl (C=O) groups is 1. The molecule has 4 nitrogen and oxygen atoms in total. The van der Waals surface area contributed by atoms with Crippen molar-refractivity contribution in [3.8, 4) is 0 Å². The Labute approximate surface area is 135 Å². The number of thiophene rings is 1. The van der Waals surface area contributed by atoms with Gasteiger partial charge in [-0.05, 0) is 42.5 Å². The first-order valence-corrected chi connectivity index (χ1v) is 8.68. The van der Waals surface area contributed by atoms with E-state index in [0.29, 0.717) is 25.4 Å². The van der Waals surface area contributed by atoms with Gasteiger partial charge in [-0.15, -0.1) is 11.3 Å². The standard InChI is InChI=1S/C17H22N2O2S/c1-13(19-8-6-16-14(12-19)7-10-22-16)11-18-17(20)5-4-15-3-2-9-21-15/h2-3,7,9-10,13H,4-6,8,11-12H2,1H3,(H,18,20)/t13-/m0/s1. The van der Waals surface area contributed by atoms with Crippen LogP contribution in [0.1, 0.15) is 29.5 Å². The Morgan fingerprint density at radius 1 is 1.50 bits per heavy atom. The van der Waals surface area contributed by atoms with Crippen LogP contribution in [-0.2, 0) is 24.2 Å². The fraction of sp³-hybridized carbons (Fsp3) is 0.471. The number of nitrogens with zero attached hydrogens (tertiary/aromatic N) is 1. The average Bonchev–Trinajstić information content (AvgIpc) is 3.20. The van der Waals surface area contributed by atoms with Crippen molar-refractivity contribution < 1.29 is 9.21 Å². The SMILES string of the molecule is C[C@@H](CNC(=O)CCc1ccco1)N1CCc2sccc2C1. The first-order valence-electron chi connectivity index (χ1n) is 7.81. The number of carbonyl (C=O) groups excluding carboxylic acids is 1. The van der Waals surface area contributed by atoms with Gasteiger partial charge in [0, 0.05) is 43.4 Å². The summed E-state index contributed by atoms with van der Waals surface area (Å²) in [5.41, 5.74) is 1.45. The summed E-state index contributed by atoms with van der Waals surface area (Å²) in [6, 6.07) is 6.34. The maximum absolute atomic E-state index is 11.9. The Kier molecular flexibility index (Phi) is 4.95. The molecular formula is C17H22N2O2S. The Hall–Kier alpha value is -1.59. The highest BCUT2D eigenvalue weighted by molar-refractivity contribution is 7.10. The summed E-state index contributed by atoms with van der Waals surface area (Å²) < 4.78 is 5.24. The number of furan rings is 1. The highest BCUT2D eigenvalue weighted by atomic mass is 32.1. The van der Waals surface area contributed by atoms with E-state index in [1.165, 1.54) is 10.4 Å². The van der Waals surface area contributed by atoms with Gasteiger partial charge in [-0.25, -0.2) is 0 Å². The molecule has 3 rings (SSSR count). The molecule has 0 saturated heterocycles. The maximum atomic E-state index is 11.9. The van der Waals surface area contributed by atoms with E-state index in [2.05, 4.69) is 28.6 Å². The molecule has 1 amide bonds. The smallest absolute Gasteiger partial charge is 0.220 e. The van der Waals surface area contributed by atoms with Gasteiger partial charge in [0.2, 0.25) is 5.91 Å². The van der Waals surface area contributed by atoms with Crippen molar-refractivity contribution in [1.29, 1.82) is 0 Å². The van der Waals surface area contributed by atoms with E-state index < -0.39 is 0 Å². The van der Waals surface area contributed by atoms with Crippen LogP contribution in [0.15, 0.2) is 34.3 Å². The van der Waals surface area contributed by atoms with Crippen LogP contribution in [0.2, 0.25) is 0 Å². The second-order valence-electron chi connectivity index (χ2n) is 5.82. The minimum atomic E-state index is 0.0940. The predicted molar refractivity (Wildman–Crippen MR) is 87.9 cm³/mol. The molecule has 0 aliphatic carbocycles. The Morgan fingerprint density at radius 3 is 3.23 bits per heavy atom. The number of aryl methyl sites for hydroxylation is 1. The minimum absolute atomic E-state index is 0.0940. The quantitative estimate of drug-likeness (QED) is 0.891. The summed E-state index contributed by atoms with van der Waals surface area (Å²) in [7, 11) is 0. The van der Waals surface area contributed by atoms with Crippen molar-refractivity contribution >= 4 is 17.2 Å². The number of nitrogens with one attached hydrogen (secondary N) is 1. The minimum Gasteiger partial charge on any atom is -0.469 e. The fourth-order valence-corrected chi connectivity index (χ4v) is 3.71. The van der Waals surface area contributed by atoms with Crippen LogP contribution in [0.4, 0.5) is 0 Å². The summed E-state index contributed by atoms with van der Waals surface area (Å²) in [5.74, 6) is 0.959. The van der Waals surface area contributed by atoms with E-state index >= 15 is 0 Å². The fourth-order valence-electron chi connectivity index (χ4n) is 2.82. The lowest BCUT2D eigenvalue weighted by atomic mass is 10.1. The van der Waals surface area contributed by atoms with Gasteiger partial charge >= 0.3 is 0 Å². The van der Waals surface area contributed by atoms with Crippen LogP contribution in [0.5, 0.6) is 0 Å². The molecule has 0 aromatic carbocycles. The van der Waals surface area contributed by atoms with Crippen LogP contribution in [0.3, 0.4) is 0 Å². The second-order valence-corrected chi connectivity index (χ2v) is 6.82. The molecule has 118 valence electrons. The summed E-state index contributed by atoms with van der Waals surface area (Å²) in [4.78, 5) is 15.9. The van der Waals surface area contributed by atoms with Gasteiger partial charge in [0.1, 0.15) is 5.76 Å². The lowest BCUT2D eigenvalue weighted by Crippen LogP contribution is -2.44. The van der Waals surface area contributed by atoms with Gasteiger partial charge in [0.05, 0.1) is 6.26 Å². The topological polar surface area (TPSA) is 45.5 Å². The summed E-state index contributed by atoms with van der Waals surface area (Å²) >= 11 is 1.86. The van der Waals surface area contributed by atoms with Crippen LogP contribution in [0.25, 0.3) is 0 Å². The molecule has 22 heavy (non-hydrogen) atoms. The lowest BCUT2D eigenvalue weighted by molar-refractivity contribution is -0.121. The van der Waals surface area contributed by atoms with Gasteiger partial charge in [0.25, 0.3) is 0 Å². The molecule has 0 radical (unpaired) electrons. The summed E-state index contributed by atoms with van der Waals surface area (Å²) in [6.45, 7) is 4.97. The third-order valence-electron chi connectivity index (χ3n) is 4.23. The third-order valence-corrected chi connectivity index (χ3v) is 5.26. The zero-order valence-electron chi connectivity index (χ0n) is 12.9. The number of fused-ring (bicyclic) bond motifs is 1. The van der Waals surface area contributed by atoms with E-state index in [4.69, 9.17) is 4.42 Å². The van der Waals surface area contributed by atoms with Crippen LogP contribution >= 0.6 is 11.3 Å². The van der Waals surface area contributed by atoms with Crippen molar-refractivity contribution in [2.75, 3.05) is 13.1 Å². The number of amides is 1. The van der Waals surface area contributed by atoms with Crippen LogP contribution < -0.4 is 5.32 Å². The molecular weight excluding hydrogens is 296 g/mol. The van der Waals surface area contributed by atoms with Gasteiger partial charge < -0.3 is 9.73 Å². The highest BCUT2D eigenvalue weighted by Crippen LogP contribution is 2.24. The van der Waals surface area contributed by atoms with Gasteiger partial charge in [0.15, 0.2) is 0 Å². The van der Waals surface area contributed by atoms with E-state index in [1.54, 1.807) is 6.26 Å². The molecule has 0 unspecified atom stereocenters. The van der Waals surface area contributed by atoms with Crippen LogP contribution in [-0.4, -0.2) is 29.9 Å². The largest absolute Gasteiger partial charge is 0.469 e. The normalized spacial score (nSPS) is 16.2. The molecule has 5 heteroatoms. The first-order chi connectivity index (χ1) is 10.7. The predicted octanol–water partition coefficient (Wildman–Crippen LogP) is 2.84. The number of rotatable bonds is 6. The van der Waals surface area contributed by atoms with Gasteiger partial charge in [-0.2, -0.15) is 0 Å². The highest BCUT2D eigenvalue weighted by Gasteiger charge is 2.21. The molecule has 1 N–H and O–H groups in total. The Morgan fingerprint density at radius 2 is 2.41 bits per heavy atom. The van der Waals surface area contributed by atoms with E-state index in [-0.39, 0.29) is 5.91 Å². The number of hydrogen-bond donors (Lipinski definition) is 1.